The first-order valence-corrected chi connectivity index (χ1v) is 3.91. The Labute approximate surface area is 76.4 Å². The van der Waals surface area contributed by atoms with Crippen molar-refractivity contribution in [2.24, 2.45) is 0 Å². The van der Waals surface area contributed by atoms with Crippen molar-refractivity contribution in [3.63, 3.8) is 0 Å². The summed E-state index contributed by atoms with van der Waals surface area (Å²) in [6.45, 7) is 0.681. The SMILES string of the molecule is CC(Br)(Br)C(F)(F)C(F)(F)F. The standard InChI is InChI=1S/C4H3Br2F5/c1-2(5,6)3(7,8)4(9,10)11/h1H3. The minimum Gasteiger partial charge on any atom is -0.194 e. The molecule has 0 saturated heterocycles. The van der Waals surface area contributed by atoms with Crippen LogP contribution < -0.4 is 0 Å². The van der Waals surface area contributed by atoms with Crippen LogP contribution in [0.25, 0.3) is 0 Å². The first kappa shape index (κ1) is 11.6. The highest BCUT2D eigenvalue weighted by molar-refractivity contribution is 9.25. The molecule has 0 aliphatic carbocycles. The van der Waals surface area contributed by atoms with Gasteiger partial charge in [-0.15, -0.1) is 0 Å². The van der Waals surface area contributed by atoms with Gasteiger partial charge in [0, 0.05) is 0 Å². The molecule has 0 aliphatic heterocycles. The summed E-state index contributed by atoms with van der Waals surface area (Å²) < 4.78 is 56.5. The van der Waals surface area contributed by atoms with E-state index in [9.17, 15) is 22.0 Å². The van der Waals surface area contributed by atoms with Crippen molar-refractivity contribution in [2.75, 3.05) is 0 Å². The second-order valence-electron chi connectivity index (χ2n) is 1.96. The highest BCUT2D eigenvalue weighted by atomic mass is 79.9. The van der Waals surface area contributed by atoms with Gasteiger partial charge in [-0.2, -0.15) is 22.0 Å². The Morgan fingerprint density at radius 2 is 1.18 bits per heavy atom. The van der Waals surface area contributed by atoms with E-state index in [2.05, 4.69) is 31.9 Å². The molecule has 68 valence electrons. The van der Waals surface area contributed by atoms with Crippen molar-refractivity contribution in [3.8, 4) is 0 Å². The Hall–Kier alpha value is 0.610. The van der Waals surface area contributed by atoms with Crippen LogP contribution in [-0.2, 0) is 0 Å². The molecule has 0 radical (unpaired) electrons. The highest BCUT2D eigenvalue weighted by Crippen LogP contribution is 2.50. The molecule has 0 nitrogen and oxygen atoms in total. The third kappa shape index (κ3) is 2.27. The summed E-state index contributed by atoms with van der Waals surface area (Å²) in [5.74, 6) is -4.79. The number of hydrogen-bond donors (Lipinski definition) is 0. The molecule has 0 aliphatic rings. The van der Waals surface area contributed by atoms with Crippen LogP contribution in [0.5, 0.6) is 0 Å². The van der Waals surface area contributed by atoms with Crippen LogP contribution in [0, 0.1) is 0 Å². The van der Waals surface area contributed by atoms with Crippen LogP contribution in [-0.4, -0.2) is 15.3 Å². The van der Waals surface area contributed by atoms with E-state index in [0.717, 1.165) is 0 Å². The number of halogens is 7. The maximum absolute atomic E-state index is 12.2. The third-order valence-electron chi connectivity index (χ3n) is 0.907. The molecule has 0 N–H and O–H groups in total. The van der Waals surface area contributed by atoms with E-state index in [4.69, 9.17) is 0 Å². The van der Waals surface area contributed by atoms with Gasteiger partial charge in [-0.1, -0.05) is 31.9 Å². The lowest BCUT2D eigenvalue weighted by atomic mass is 10.2. The molecule has 0 fully saturated rings. The number of hydrogen-bond acceptors (Lipinski definition) is 0. The van der Waals surface area contributed by atoms with Crippen molar-refractivity contribution in [1.82, 2.24) is 0 Å². The van der Waals surface area contributed by atoms with E-state index in [1.165, 1.54) is 0 Å². The van der Waals surface area contributed by atoms with Gasteiger partial charge in [0.05, 0.1) is 0 Å². The largest absolute Gasteiger partial charge is 0.455 e. The zero-order valence-corrected chi connectivity index (χ0v) is 8.32. The lowest BCUT2D eigenvalue weighted by Gasteiger charge is -2.28. The minimum atomic E-state index is -5.55. The molecule has 0 amide bonds. The number of alkyl halides is 7. The lowest BCUT2D eigenvalue weighted by Crippen LogP contribution is -2.48. The Morgan fingerprint density at radius 1 is 0.909 bits per heavy atom. The third-order valence-corrected chi connectivity index (χ3v) is 1.90. The van der Waals surface area contributed by atoms with E-state index >= 15 is 0 Å². The van der Waals surface area contributed by atoms with Gasteiger partial charge < -0.3 is 0 Å². The summed E-state index contributed by atoms with van der Waals surface area (Å²) >= 11 is 4.36. The summed E-state index contributed by atoms with van der Waals surface area (Å²) in [5.41, 5.74) is 0. The van der Waals surface area contributed by atoms with Gasteiger partial charge in [0.15, 0.2) is 3.23 Å². The molecule has 0 aromatic carbocycles. The van der Waals surface area contributed by atoms with Crippen LogP contribution in [0.1, 0.15) is 6.92 Å². The van der Waals surface area contributed by atoms with Crippen LogP contribution in [0.2, 0.25) is 0 Å². The Morgan fingerprint density at radius 3 is 1.18 bits per heavy atom. The molecule has 0 unspecified atom stereocenters. The van der Waals surface area contributed by atoms with Gasteiger partial charge in [0.25, 0.3) is 0 Å². The van der Waals surface area contributed by atoms with Crippen molar-refractivity contribution in [1.29, 1.82) is 0 Å². The molecule has 0 aromatic rings. The normalized spacial score (nSPS) is 15.3. The summed E-state index contributed by atoms with van der Waals surface area (Å²) in [5, 5.41) is 0. The molecular formula is C4H3Br2F5. The van der Waals surface area contributed by atoms with Gasteiger partial charge in [-0.25, -0.2) is 0 Å². The molecule has 7 heteroatoms. The highest BCUT2D eigenvalue weighted by Gasteiger charge is 2.66. The molecule has 0 saturated carbocycles. The van der Waals surface area contributed by atoms with Crippen LogP contribution in [0.3, 0.4) is 0 Å². The van der Waals surface area contributed by atoms with Crippen molar-refractivity contribution < 1.29 is 22.0 Å². The quantitative estimate of drug-likeness (QED) is 0.512. The molecule has 0 aromatic heterocycles. The average molecular weight is 306 g/mol. The fourth-order valence-electron chi connectivity index (χ4n) is 0.249. The zero-order chi connectivity index (χ0) is 9.50. The fraction of sp³-hybridized carbons (Fsp3) is 1.00. The Bertz CT molecular complexity index is 128. The molecule has 0 atom stereocenters. The van der Waals surface area contributed by atoms with E-state index < -0.39 is 15.3 Å². The van der Waals surface area contributed by atoms with E-state index in [1.807, 2.05) is 0 Å². The Balaban J connectivity index is 4.75. The maximum Gasteiger partial charge on any atom is 0.455 e. The topological polar surface area (TPSA) is 0 Å². The van der Waals surface area contributed by atoms with Crippen molar-refractivity contribution in [2.45, 2.75) is 22.3 Å². The molecule has 11 heavy (non-hydrogen) atoms. The molecule has 0 bridgehead atoms. The van der Waals surface area contributed by atoms with E-state index in [-0.39, 0.29) is 0 Å². The second-order valence-corrected chi connectivity index (χ2v) is 6.20. The molecular weight excluding hydrogens is 303 g/mol. The smallest absolute Gasteiger partial charge is 0.194 e. The predicted molar refractivity (Wildman–Crippen MR) is 37.3 cm³/mol. The first-order valence-electron chi connectivity index (χ1n) is 2.32. The van der Waals surface area contributed by atoms with Crippen LogP contribution in [0.15, 0.2) is 0 Å². The van der Waals surface area contributed by atoms with Gasteiger partial charge >= 0.3 is 12.1 Å². The van der Waals surface area contributed by atoms with Crippen LogP contribution in [0.4, 0.5) is 22.0 Å². The monoisotopic (exact) mass is 304 g/mol. The van der Waals surface area contributed by atoms with E-state index in [0.29, 0.717) is 6.92 Å². The number of rotatable bonds is 1. The zero-order valence-electron chi connectivity index (χ0n) is 5.15. The van der Waals surface area contributed by atoms with E-state index in [1.54, 1.807) is 0 Å². The molecule has 0 rings (SSSR count). The molecule has 0 spiro atoms. The molecule has 0 heterocycles. The summed E-state index contributed by atoms with van der Waals surface area (Å²) in [6, 6.07) is 0. The van der Waals surface area contributed by atoms with Crippen molar-refractivity contribution >= 4 is 31.9 Å². The summed E-state index contributed by atoms with van der Waals surface area (Å²) in [4.78, 5) is 0. The minimum absolute atomic E-state index is 0.681. The van der Waals surface area contributed by atoms with Gasteiger partial charge in [-0.05, 0) is 6.92 Å². The lowest BCUT2D eigenvalue weighted by molar-refractivity contribution is -0.282. The van der Waals surface area contributed by atoms with Crippen LogP contribution >= 0.6 is 31.9 Å². The maximum atomic E-state index is 12.2. The van der Waals surface area contributed by atoms with Gasteiger partial charge in [-0.3, -0.25) is 0 Å². The van der Waals surface area contributed by atoms with Crippen molar-refractivity contribution in [3.05, 3.63) is 0 Å². The Kier molecular flexibility index (Phi) is 2.99. The second kappa shape index (κ2) is 2.83. The summed E-state index contributed by atoms with van der Waals surface area (Å²) in [6.07, 6.45) is -5.55. The fourth-order valence-corrected chi connectivity index (χ4v) is 0.698. The summed E-state index contributed by atoms with van der Waals surface area (Å²) in [7, 11) is 0. The predicted octanol–water partition coefficient (Wildman–Crippen LogP) is 3.69. The average Bonchev–Trinajstić information content (AvgIpc) is 1.58. The van der Waals surface area contributed by atoms with Gasteiger partial charge in [0.2, 0.25) is 0 Å². The first-order chi connectivity index (χ1) is 4.50. The van der Waals surface area contributed by atoms with Gasteiger partial charge in [0.1, 0.15) is 0 Å².